The number of allylic oxidation sites excluding steroid dienone is 1. The van der Waals surface area contributed by atoms with Crippen molar-refractivity contribution in [3.63, 3.8) is 0 Å². The lowest BCUT2D eigenvalue weighted by Gasteiger charge is -2.03. The highest BCUT2D eigenvalue weighted by Gasteiger charge is 1.94. The molecule has 0 aromatic heterocycles. The van der Waals surface area contributed by atoms with Crippen molar-refractivity contribution in [3.8, 4) is 0 Å². The summed E-state index contributed by atoms with van der Waals surface area (Å²) in [5.41, 5.74) is 0. The highest BCUT2D eigenvalue weighted by atomic mass is 19.3. The quantitative estimate of drug-likeness (QED) is 0.253. The van der Waals surface area contributed by atoms with Crippen LogP contribution in [0, 0.1) is 0 Å². The first-order valence-corrected chi connectivity index (χ1v) is 9.28. The summed E-state index contributed by atoms with van der Waals surface area (Å²) in [5.74, 6) is 0. The van der Waals surface area contributed by atoms with Gasteiger partial charge in [-0.05, 0) is 18.9 Å². The molecule has 0 rings (SSSR count). The molecule has 0 spiro atoms. The second-order valence-corrected chi connectivity index (χ2v) is 6.23. The van der Waals surface area contributed by atoms with E-state index in [4.69, 9.17) is 0 Å². The lowest BCUT2D eigenvalue weighted by atomic mass is 10.0. The molecule has 0 saturated heterocycles. The first-order valence-electron chi connectivity index (χ1n) is 9.28. The van der Waals surface area contributed by atoms with Gasteiger partial charge in [-0.15, -0.1) is 0 Å². The molecule has 126 valence electrons. The van der Waals surface area contributed by atoms with Crippen LogP contribution in [0.25, 0.3) is 0 Å². The van der Waals surface area contributed by atoms with Gasteiger partial charge >= 0.3 is 0 Å². The van der Waals surface area contributed by atoms with E-state index in [9.17, 15) is 8.78 Å². The third-order valence-electron chi connectivity index (χ3n) is 4.11. The van der Waals surface area contributed by atoms with Crippen LogP contribution >= 0.6 is 0 Å². The van der Waals surface area contributed by atoms with Gasteiger partial charge in [0, 0.05) is 0 Å². The molecule has 0 bridgehead atoms. The van der Waals surface area contributed by atoms with Crippen LogP contribution in [0.4, 0.5) is 8.78 Å². The molecule has 21 heavy (non-hydrogen) atoms. The molecule has 0 aromatic carbocycles. The molecule has 2 heteroatoms. The zero-order valence-electron chi connectivity index (χ0n) is 14.1. The Bertz CT molecular complexity index is 220. The average Bonchev–Trinajstić information content (AvgIpc) is 2.46. The van der Waals surface area contributed by atoms with Crippen LogP contribution in [0.15, 0.2) is 12.2 Å². The third-order valence-corrected chi connectivity index (χ3v) is 4.11. The Kier molecular flexibility index (Phi) is 17.3. The Labute approximate surface area is 131 Å². The molecule has 0 N–H and O–H groups in total. The summed E-state index contributed by atoms with van der Waals surface area (Å²) in [6.07, 6.45) is 19.8. The molecule has 0 aliphatic rings. The first-order chi connectivity index (χ1) is 10.3. The van der Waals surface area contributed by atoms with Gasteiger partial charge in [0.05, 0.1) is 0 Å². The molecule has 0 fully saturated rings. The smallest absolute Gasteiger partial charge is 0.174 e. The van der Waals surface area contributed by atoms with E-state index in [0.717, 1.165) is 18.9 Å². The lowest BCUT2D eigenvalue weighted by molar-refractivity contribution is 0.416. The fraction of sp³-hybridized carbons (Fsp3) is 0.895. The molecule has 0 amide bonds. The van der Waals surface area contributed by atoms with Crippen LogP contribution in [0.5, 0.6) is 0 Å². The van der Waals surface area contributed by atoms with Crippen molar-refractivity contribution in [1.82, 2.24) is 0 Å². The van der Waals surface area contributed by atoms with Gasteiger partial charge in [0.1, 0.15) is 0 Å². The fourth-order valence-electron chi connectivity index (χ4n) is 2.73. The van der Waals surface area contributed by atoms with E-state index in [1.807, 2.05) is 0 Å². The number of unbranched alkanes of at least 4 members (excludes halogenated alkanes) is 15. The van der Waals surface area contributed by atoms with Gasteiger partial charge < -0.3 is 0 Å². The Hall–Kier alpha value is -0.400. The second kappa shape index (κ2) is 17.7. The van der Waals surface area contributed by atoms with Gasteiger partial charge in [-0.1, -0.05) is 96.8 Å². The normalized spacial score (nSPS) is 10.8. The highest BCUT2D eigenvalue weighted by Crippen LogP contribution is 2.14. The molecular formula is C19H36F2. The van der Waals surface area contributed by atoms with Crippen LogP contribution in [0.1, 0.15) is 110 Å². The summed E-state index contributed by atoms with van der Waals surface area (Å²) in [5, 5.41) is 0. The molecule has 0 heterocycles. The Balaban J connectivity index is 2.98. The minimum Gasteiger partial charge on any atom is -0.174 e. The molecule has 0 nitrogen and oxygen atoms in total. The summed E-state index contributed by atoms with van der Waals surface area (Å²) >= 11 is 0. The zero-order valence-corrected chi connectivity index (χ0v) is 14.1. The third kappa shape index (κ3) is 19.6. The minimum atomic E-state index is -1.53. The average molecular weight is 302 g/mol. The van der Waals surface area contributed by atoms with Gasteiger partial charge in [0.25, 0.3) is 6.08 Å². The van der Waals surface area contributed by atoms with Gasteiger partial charge in [-0.3, -0.25) is 0 Å². The van der Waals surface area contributed by atoms with Gasteiger partial charge in [0.15, 0.2) is 0 Å². The maximum Gasteiger partial charge on any atom is 0.266 e. The molecule has 0 aromatic rings. The maximum atomic E-state index is 11.8. The fourth-order valence-corrected chi connectivity index (χ4v) is 2.73. The topological polar surface area (TPSA) is 0 Å². The van der Waals surface area contributed by atoms with Crippen LogP contribution in [-0.4, -0.2) is 0 Å². The van der Waals surface area contributed by atoms with Crippen molar-refractivity contribution in [1.29, 1.82) is 0 Å². The van der Waals surface area contributed by atoms with Gasteiger partial charge in [-0.2, -0.15) is 8.78 Å². The molecule has 0 aliphatic heterocycles. The van der Waals surface area contributed by atoms with Crippen LogP contribution < -0.4 is 0 Å². The van der Waals surface area contributed by atoms with E-state index in [-0.39, 0.29) is 0 Å². The van der Waals surface area contributed by atoms with Crippen LogP contribution in [0.3, 0.4) is 0 Å². The van der Waals surface area contributed by atoms with Crippen molar-refractivity contribution in [2.75, 3.05) is 0 Å². The van der Waals surface area contributed by atoms with E-state index >= 15 is 0 Å². The summed E-state index contributed by atoms with van der Waals surface area (Å²) in [6, 6.07) is 0. The van der Waals surface area contributed by atoms with Crippen molar-refractivity contribution in [3.05, 3.63) is 12.2 Å². The molecule has 0 aliphatic carbocycles. The second-order valence-electron chi connectivity index (χ2n) is 6.23. The van der Waals surface area contributed by atoms with Crippen LogP contribution in [0.2, 0.25) is 0 Å². The Morgan fingerprint density at radius 3 is 1.24 bits per heavy atom. The van der Waals surface area contributed by atoms with Crippen LogP contribution in [-0.2, 0) is 0 Å². The number of rotatable bonds is 16. The standard InChI is InChI=1S/C19H36F2/c1-2-3-4-5-6-7-8-9-10-11-12-13-14-15-16-17-18-19(20)21/h18H,2-17H2,1H3. The largest absolute Gasteiger partial charge is 0.266 e. The van der Waals surface area contributed by atoms with E-state index in [1.54, 1.807) is 0 Å². The first kappa shape index (κ1) is 20.6. The minimum absolute atomic E-state index is 0.542. The highest BCUT2D eigenvalue weighted by molar-refractivity contribution is 4.79. The number of halogens is 2. The summed E-state index contributed by atoms with van der Waals surface area (Å²) in [6.45, 7) is 2.26. The van der Waals surface area contributed by atoms with E-state index in [1.165, 1.54) is 83.5 Å². The SMILES string of the molecule is CCCCCCCCCCCCCCCCCC=C(F)F. The monoisotopic (exact) mass is 302 g/mol. The van der Waals surface area contributed by atoms with Crippen molar-refractivity contribution < 1.29 is 8.78 Å². The van der Waals surface area contributed by atoms with Gasteiger partial charge in [-0.25, -0.2) is 0 Å². The van der Waals surface area contributed by atoms with Crippen molar-refractivity contribution in [2.24, 2.45) is 0 Å². The van der Waals surface area contributed by atoms with E-state index < -0.39 is 6.08 Å². The molecule has 0 atom stereocenters. The summed E-state index contributed by atoms with van der Waals surface area (Å²) in [7, 11) is 0. The predicted octanol–water partition coefficient (Wildman–Crippen LogP) is 8.03. The van der Waals surface area contributed by atoms with E-state index in [2.05, 4.69) is 6.92 Å². The number of hydrogen-bond donors (Lipinski definition) is 0. The van der Waals surface area contributed by atoms with Crippen molar-refractivity contribution >= 4 is 0 Å². The molecule has 0 unspecified atom stereocenters. The zero-order chi connectivity index (χ0) is 15.6. The molecule has 0 radical (unpaired) electrons. The summed E-state index contributed by atoms with van der Waals surface area (Å²) < 4.78 is 23.6. The molecule has 0 saturated carbocycles. The van der Waals surface area contributed by atoms with Gasteiger partial charge in [0.2, 0.25) is 0 Å². The molecular weight excluding hydrogens is 266 g/mol. The predicted molar refractivity (Wildman–Crippen MR) is 89.8 cm³/mol. The van der Waals surface area contributed by atoms with E-state index in [0.29, 0.717) is 6.42 Å². The maximum absolute atomic E-state index is 11.8. The lowest BCUT2D eigenvalue weighted by Crippen LogP contribution is -1.83. The number of hydrogen-bond acceptors (Lipinski definition) is 0. The Morgan fingerprint density at radius 2 is 0.905 bits per heavy atom. The summed E-state index contributed by atoms with van der Waals surface area (Å²) in [4.78, 5) is 0. The van der Waals surface area contributed by atoms with Crippen molar-refractivity contribution in [2.45, 2.75) is 110 Å². The Morgan fingerprint density at radius 1 is 0.571 bits per heavy atom.